The molecular formula is C17H20BrFN2. The van der Waals surface area contributed by atoms with Gasteiger partial charge in [0, 0.05) is 22.9 Å². The fourth-order valence-corrected chi connectivity index (χ4v) is 3.09. The van der Waals surface area contributed by atoms with E-state index in [1.54, 1.807) is 6.07 Å². The van der Waals surface area contributed by atoms with Gasteiger partial charge in [-0.2, -0.15) is 0 Å². The number of likely N-dealkylation sites (N-methyl/N-ethyl adjacent to an activating group) is 1. The van der Waals surface area contributed by atoms with Gasteiger partial charge in [-0.3, -0.25) is 4.98 Å². The first-order valence-corrected chi connectivity index (χ1v) is 8.04. The molecule has 1 N–H and O–H groups in total. The number of pyridine rings is 1. The summed E-state index contributed by atoms with van der Waals surface area (Å²) in [6.45, 7) is 5.08. The molecule has 1 aromatic carbocycles. The number of nitrogens with zero attached hydrogens (tertiary/aromatic N) is 1. The molecule has 0 saturated carbocycles. The van der Waals surface area contributed by atoms with Crippen molar-refractivity contribution in [2.45, 2.75) is 32.7 Å². The van der Waals surface area contributed by atoms with Gasteiger partial charge in [-0.15, -0.1) is 0 Å². The summed E-state index contributed by atoms with van der Waals surface area (Å²) in [6, 6.07) is 7.28. The molecule has 0 spiro atoms. The summed E-state index contributed by atoms with van der Waals surface area (Å²) in [7, 11) is 0. The van der Waals surface area contributed by atoms with Crippen molar-refractivity contribution in [3.05, 3.63) is 63.6 Å². The van der Waals surface area contributed by atoms with Crippen LogP contribution in [-0.4, -0.2) is 11.5 Å². The maximum absolute atomic E-state index is 13.6. The zero-order valence-corrected chi connectivity index (χ0v) is 14.0. The molecule has 0 aliphatic carbocycles. The first-order chi connectivity index (χ1) is 10.1. The Morgan fingerprint density at radius 1 is 1.29 bits per heavy atom. The highest BCUT2D eigenvalue weighted by molar-refractivity contribution is 9.10. The van der Waals surface area contributed by atoms with Crippen LogP contribution >= 0.6 is 15.9 Å². The Morgan fingerprint density at radius 3 is 2.76 bits per heavy atom. The van der Waals surface area contributed by atoms with Crippen LogP contribution in [0, 0.1) is 5.82 Å². The zero-order chi connectivity index (χ0) is 15.2. The van der Waals surface area contributed by atoms with Gasteiger partial charge in [-0.05, 0) is 60.3 Å². The maximum atomic E-state index is 13.6. The minimum absolute atomic E-state index is 0.168. The lowest BCUT2D eigenvalue weighted by atomic mass is 9.95. The van der Waals surface area contributed by atoms with Gasteiger partial charge in [0.25, 0.3) is 0 Å². The molecule has 112 valence electrons. The molecule has 0 bridgehead atoms. The highest BCUT2D eigenvalue weighted by Gasteiger charge is 2.15. The average molecular weight is 351 g/mol. The van der Waals surface area contributed by atoms with Crippen LogP contribution < -0.4 is 5.32 Å². The molecule has 0 aliphatic rings. The highest BCUT2D eigenvalue weighted by Crippen LogP contribution is 2.24. The summed E-state index contributed by atoms with van der Waals surface area (Å²) in [6.07, 6.45) is 5.43. The van der Waals surface area contributed by atoms with Crippen LogP contribution in [0.1, 0.15) is 36.6 Å². The van der Waals surface area contributed by atoms with Crippen molar-refractivity contribution in [3.63, 3.8) is 0 Å². The van der Waals surface area contributed by atoms with Gasteiger partial charge in [0.1, 0.15) is 5.82 Å². The fourth-order valence-electron chi connectivity index (χ4n) is 2.58. The number of benzene rings is 1. The molecule has 2 rings (SSSR count). The standard InChI is InChI=1S/C17H20BrFN2/c1-3-13-11-20-6-5-16(13)17(21-4-2)9-12-7-14(18)10-15(19)8-12/h5-8,10-11,17,21H,3-4,9H2,1-2H3. The third-order valence-electron chi connectivity index (χ3n) is 3.51. The third-order valence-corrected chi connectivity index (χ3v) is 3.97. The summed E-state index contributed by atoms with van der Waals surface area (Å²) < 4.78 is 14.3. The van der Waals surface area contributed by atoms with Gasteiger partial charge >= 0.3 is 0 Å². The zero-order valence-electron chi connectivity index (χ0n) is 12.4. The van der Waals surface area contributed by atoms with Crippen LogP contribution in [0.4, 0.5) is 4.39 Å². The van der Waals surface area contributed by atoms with Crippen molar-refractivity contribution in [1.82, 2.24) is 10.3 Å². The Morgan fingerprint density at radius 2 is 2.10 bits per heavy atom. The lowest BCUT2D eigenvalue weighted by Crippen LogP contribution is -2.24. The highest BCUT2D eigenvalue weighted by atomic mass is 79.9. The molecule has 1 aromatic heterocycles. The molecule has 1 atom stereocenters. The van der Waals surface area contributed by atoms with Crippen LogP contribution in [-0.2, 0) is 12.8 Å². The maximum Gasteiger partial charge on any atom is 0.124 e. The molecule has 1 heterocycles. The second kappa shape index (κ2) is 7.66. The molecule has 4 heteroatoms. The van der Waals surface area contributed by atoms with Gasteiger partial charge in [0.05, 0.1) is 0 Å². The van der Waals surface area contributed by atoms with E-state index in [2.05, 4.69) is 46.1 Å². The largest absolute Gasteiger partial charge is 0.310 e. The smallest absolute Gasteiger partial charge is 0.124 e. The Bertz CT molecular complexity index is 581. The lowest BCUT2D eigenvalue weighted by Gasteiger charge is -2.21. The van der Waals surface area contributed by atoms with E-state index in [1.807, 2.05) is 18.5 Å². The van der Waals surface area contributed by atoms with Gasteiger partial charge in [0.15, 0.2) is 0 Å². The van der Waals surface area contributed by atoms with Crippen molar-refractivity contribution in [1.29, 1.82) is 0 Å². The van der Waals surface area contributed by atoms with Gasteiger partial charge in [-0.1, -0.05) is 29.8 Å². The van der Waals surface area contributed by atoms with Crippen LogP contribution in [0.5, 0.6) is 0 Å². The molecule has 1 unspecified atom stereocenters. The quantitative estimate of drug-likeness (QED) is 0.832. The molecule has 2 aromatic rings. The molecule has 0 fully saturated rings. The summed E-state index contributed by atoms with van der Waals surface area (Å²) >= 11 is 3.36. The van der Waals surface area contributed by atoms with E-state index >= 15 is 0 Å². The van der Waals surface area contributed by atoms with E-state index in [1.165, 1.54) is 17.2 Å². The van der Waals surface area contributed by atoms with Crippen LogP contribution in [0.2, 0.25) is 0 Å². The van der Waals surface area contributed by atoms with E-state index < -0.39 is 0 Å². The number of aryl methyl sites for hydroxylation is 1. The van der Waals surface area contributed by atoms with Crippen molar-refractivity contribution in [2.75, 3.05) is 6.54 Å². The van der Waals surface area contributed by atoms with Crippen LogP contribution in [0.3, 0.4) is 0 Å². The Balaban J connectivity index is 2.30. The van der Waals surface area contributed by atoms with E-state index in [0.717, 1.165) is 29.4 Å². The number of aromatic nitrogens is 1. The Kier molecular flexibility index (Phi) is 5.88. The molecular weight excluding hydrogens is 331 g/mol. The third kappa shape index (κ3) is 4.35. The van der Waals surface area contributed by atoms with Gasteiger partial charge in [-0.25, -0.2) is 4.39 Å². The molecule has 0 aliphatic heterocycles. The molecule has 2 nitrogen and oxygen atoms in total. The van der Waals surface area contributed by atoms with E-state index in [0.29, 0.717) is 0 Å². The van der Waals surface area contributed by atoms with E-state index in [-0.39, 0.29) is 11.9 Å². The fraction of sp³-hybridized carbons (Fsp3) is 0.353. The Hall–Kier alpha value is -1.26. The average Bonchev–Trinajstić information content (AvgIpc) is 2.45. The normalized spacial score (nSPS) is 12.4. The summed E-state index contributed by atoms with van der Waals surface area (Å²) in [5.41, 5.74) is 3.46. The van der Waals surface area contributed by atoms with Crippen LogP contribution in [0.15, 0.2) is 41.1 Å². The molecule has 0 radical (unpaired) electrons. The number of rotatable bonds is 6. The SMILES string of the molecule is CCNC(Cc1cc(F)cc(Br)c1)c1ccncc1CC. The van der Waals surface area contributed by atoms with Crippen molar-refractivity contribution >= 4 is 15.9 Å². The second-order valence-electron chi connectivity index (χ2n) is 5.02. The summed E-state index contributed by atoms with van der Waals surface area (Å²) in [5, 5.41) is 3.50. The second-order valence-corrected chi connectivity index (χ2v) is 5.94. The summed E-state index contributed by atoms with van der Waals surface area (Å²) in [5.74, 6) is -0.208. The van der Waals surface area contributed by atoms with Crippen molar-refractivity contribution in [2.24, 2.45) is 0 Å². The van der Waals surface area contributed by atoms with Crippen molar-refractivity contribution < 1.29 is 4.39 Å². The number of hydrogen-bond donors (Lipinski definition) is 1. The number of nitrogens with one attached hydrogen (secondary N) is 1. The van der Waals surface area contributed by atoms with Crippen LogP contribution in [0.25, 0.3) is 0 Å². The lowest BCUT2D eigenvalue weighted by molar-refractivity contribution is 0.542. The Labute approximate surface area is 133 Å². The predicted octanol–water partition coefficient (Wildman–Crippen LogP) is 4.44. The first kappa shape index (κ1) is 16.1. The number of hydrogen-bond acceptors (Lipinski definition) is 2. The van der Waals surface area contributed by atoms with Gasteiger partial charge < -0.3 is 5.32 Å². The monoisotopic (exact) mass is 350 g/mol. The molecule has 21 heavy (non-hydrogen) atoms. The first-order valence-electron chi connectivity index (χ1n) is 7.25. The topological polar surface area (TPSA) is 24.9 Å². The number of halogens is 2. The van der Waals surface area contributed by atoms with Gasteiger partial charge in [0.2, 0.25) is 0 Å². The minimum Gasteiger partial charge on any atom is -0.310 e. The predicted molar refractivity (Wildman–Crippen MR) is 87.8 cm³/mol. The van der Waals surface area contributed by atoms with E-state index in [4.69, 9.17) is 0 Å². The minimum atomic E-state index is -0.208. The van der Waals surface area contributed by atoms with Crippen molar-refractivity contribution in [3.8, 4) is 0 Å². The molecule has 0 saturated heterocycles. The molecule has 0 amide bonds. The van der Waals surface area contributed by atoms with E-state index in [9.17, 15) is 4.39 Å². The summed E-state index contributed by atoms with van der Waals surface area (Å²) in [4.78, 5) is 4.20.